The standard InChI is InChI=1S/C20H22N4O/c1-2-6-17(7-3-1)20-14-19(25-22-20)16-24-12-10-23(11-13-24)15-18-8-4-5-9-21-18/h1-9,14H,10-13,15-16H2. The van der Waals surface area contributed by atoms with Crippen molar-refractivity contribution in [1.29, 1.82) is 0 Å². The number of pyridine rings is 1. The molecule has 0 amide bonds. The molecular formula is C20H22N4O. The summed E-state index contributed by atoms with van der Waals surface area (Å²) in [4.78, 5) is 9.29. The van der Waals surface area contributed by atoms with Crippen LogP contribution in [0.25, 0.3) is 11.3 Å². The summed E-state index contributed by atoms with van der Waals surface area (Å²) in [5.74, 6) is 0.928. The predicted molar refractivity (Wildman–Crippen MR) is 96.7 cm³/mol. The molecule has 5 nitrogen and oxygen atoms in total. The third-order valence-electron chi connectivity index (χ3n) is 4.58. The molecule has 4 rings (SSSR count). The summed E-state index contributed by atoms with van der Waals surface area (Å²) < 4.78 is 5.53. The van der Waals surface area contributed by atoms with E-state index in [9.17, 15) is 0 Å². The maximum Gasteiger partial charge on any atom is 0.151 e. The van der Waals surface area contributed by atoms with Gasteiger partial charge in [0.1, 0.15) is 5.69 Å². The Morgan fingerprint density at radius 3 is 2.28 bits per heavy atom. The smallest absolute Gasteiger partial charge is 0.151 e. The van der Waals surface area contributed by atoms with Crippen LogP contribution in [0.3, 0.4) is 0 Å². The van der Waals surface area contributed by atoms with Crippen molar-refractivity contribution in [2.45, 2.75) is 13.1 Å². The van der Waals surface area contributed by atoms with E-state index >= 15 is 0 Å². The van der Waals surface area contributed by atoms with E-state index in [2.05, 4.69) is 44.2 Å². The number of hydrogen-bond donors (Lipinski definition) is 0. The van der Waals surface area contributed by atoms with Gasteiger partial charge in [-0.1, -0.05) is 41.6 Å². The first-order valence-corrected chi connectivity index (χ1v) is 8.72. The molecule has 5 heteroatoms. The Kier molecular flexibility index (Phi) is 4.86. The van der Waals surface area contributed by atoms with Crippen molar-refractivity contribution < 1.29 is 4.52 Å². The topological polar surface area (TPSA) is 45.4 Å². The summed E-state index contributed by atoms with van der Waals surface area (Å²) >= 11 is 0. The lowest BCUT2D eigenvalue weighted by Crippen LogP contribution is -2.45. The highest BCUT2D eigenvalue weighted by molar-refractivity contribution is 5.58. The summed E-state index contributed by atoms with van der Waals surface area (Å²) in [7, 11) is 0. The molecular weight excluding hydrogens is 312 g/mol. The largest absolute Gasteiger partial charge is 0.359 e. The van der Waals surface area contributed by atoms with Gasteiger partial charge in [0.05, 0.1) is 12.2 Å². The molecule has 1 aliphatic heterocycles. The first-order chi connectivity index (χ1) is 12.4. The van der Waals surface area contributed by atoms with E-state index in [0.29, 0.717) is 0 Å². The highest BCUT2D eigenvalue weighted by Crippen LogP contribution is 2.20. The summed E-state index contributed by atoms with van der Waals surface area (Å²) in [5.41, 5.74) is 3.14. The fraction of sp³-hybridized carbons (Fsp3) is 0.300. The second kappa shape index (κ2) is 7.59. The number of piperazine rings is 1. The minimum Gasteiger partial charge on any atom is -0.359 e. The number of hydrogen-bond acceptors (Lipinski definition) is 5. The molecule has 0 bridgehead atoms. The van der Waals surface area contributed by atoms with Gasteiger partial charge in [-0.15, -0.1) is 0 Å². The Morgan fingerprint density at radius 1 is 0.840 bits per heavy atom. The van der Waals surface area contributed by atoms with Gasteiger partial charge in [-0.3, -0.25) is 14.8 Å². The van der Waals surface area contributed by atoms with E-state index in [4.69, 9.17) is 4.52 Å². The lowest BCUT2D eigenvalue weighted by Gasteiger charge is -2.33. The number of aromatic nitrogens is 2. The van der Waals surface area contributed by atoms with Crippen LogP contribution in [0.15, 0.2) is 65.3 Å². The van der Waals surface area contributed by atoms with Crippen LogP contribution in [0.1, 0.15) is 11.5 Å². The first-order valence-electron chi connectivity index (χ1n) is 8.72. The van der Waals surface area contributed by atoms with E-state index in [0.717, 1.165) is 62.0 Å². The third-order valence-corrected chi connectivity index (χ3v) is 4.58. The zero-order valence-corrected chi connectivity index (χ0v) is 14.2. The van der Waals surface area contributed by atoms with E-state index in [1.54, 1.807) is 0 Å². The molecule has 1 saturated heterocycles. The lowest BCUT2D eigenvalue weighted by molar-refractivity contribution is 0.113. The Morgan fingerprint density at radius 2 is 1.56 bits per heavy atom. The maximum absolute atomic E-state index is 5.53. The molecule has 0 atom stereocenters. The number of benzene rings is 1. The van der Waals surface area contributed by atoms with Crippen LogP contribution in [0, 0.1) is 0 Å². The van der Waals surface area contributed by atoms with Crippen molar-refractivity contribution in [1.82, 2.24) is 19.9 Å². The van der Waals surface area contributed by atoms with Crippen molar-refractivity contribution in [3.8, 4) is 11.3 Å². The van der Waals surface area contributed by atoms with Crippen LogP contribution in [0.2, 0.25) is 0 Å². The third kappa shape index (κ3) is 4.13. The number of nitrogens with zero attached hydrogens (tertiary/aromatic N) is 4. The molecule has 3 aromatic rings. The van der Waals surface area contributed by atoms with Crippen molar-refractivity contribution in [2.75, 3.05) is 26.2 Å². The number of rotatable bonds is 5. The highest BCUT2D eigenvalue weighted by Gasteiger charge is 2.19. The molecule has 0 N–H and O–H groups in total. The molecule has 0 saturated carbocycles. The van der Waals surface area contributed by atoms with Gasteiger partial charge in [0.15, 0.2) is 5.76 Å². The van der Waals surface area contributed by atoms with Gasteiger partial charge < -0.3 is 4.52 Å². The summed E-state index contributed by atoms with van der Waals surface area (Å²) in [6, 6.07) is 18.3. The molecule has 1 aromatic carbocycles. The van der Waals surface area contributed by atoms with Crippen molar-refractivity contribution in [3.05, 3.63) is 72.2 Å². The maximum atomic E-state index is 5.53. The Labute approximate surface area is 147 Å². The highest BCUT2D eigenvalue weighted by atomic mass is 16.5. The van der Waals surface area contributed by atoms with Crippen molar-refractivity contribution in [3.63, 3.8) is 0 Å². The molecule has 0 radical (unpaired) electrons. The van der Waals surface area contributed by atoms with Crippen LogP contribution < -0.4 is 0 Å². The molecule has 25 heavy (non-hydrogen) atoms. The zero-order chi connectivity index (χ0) is 16.9. The van der Waals surface area contributed by atoms with Crippen molar-refractivity contribution in [2.24, 2.45) is 0 Å². The van der Waals surface area contributed by atoms with Gasteiger partial charge in [-0.05, 0) is 12.1 Å². The quantitative estimate of drug-likeness (QED) is 0.717. The van der Waals surface area contributed by atoms with Gasteiger partial charge in [0.25, 0.3) is 0 Å². The second-order valence-corrected chi connectivity index (χ2v) is 6.42. The summed E-state index contributed by atoms with van der Waals surface area (Å²) in [6.07, 6.45) is 1.86. The fourth-order valence-corrected chi connectivity index (χ4v) is 3.18. The SMILES string of the molecule is c1ccc(-c2cc(CN3CCN(Cc4ccccn4)CC3)on2)cc1. The molecule has 128 valence electrons. The molecule has 3 heterocycles. The van der Waals surface area contributed by atoms with E-state index in [-0.39, 0.29) is 0 Å². The van der Waals surface area contributed by atoms with Crippen LogP contribution in [-0.2, 0) is 13.1 Å². The molecule has 0 unspecified atom stereocenters. The zero-order valence-electron chi connectivity index (χ0n) is 14.2. The average molecular weight is 334 g/mol. The molecule has 0 aliphatic carbocycles. The Bertz CT molecular complexity index is 780. The van der Waals surface area contributed by atoms with E-state index in [1.807, 2.05) is 36.5 Å². The van der Waals surface area contributed by atoms with Gasteiger partial charge in [-0.2, -0.15) is 0 Å². The monoisotopic (exact) mass is 334 g/mol. The van der Waals surface area contributed by atoms with Gasteiger partial charge in [0.2, 0.25) is 0 Å². The van der Waals surface area contributed by atoms with Gasteiger partial charge >= 0.3 is 0 Å². The minimum atomic E-state index is 0.817. The second-order valence-electron chi connectivity index (χ2n) is 6.42. The lowest BCUT2D eigenvalue weighted by atomic mass is 10.1. The van der Waals surface area contributed by atoms with Crippen LogP contribution in [0.4, 0.5) is 0 Å². The molecule has 2 aromatic heterocycles. The van der Waals surface area contributed by atoms with Crippen molar-refractivity contribution >= 4 is 0 Å². The Hall–Kier alpha value is -2.50. The normalized spacial score (nSPS) is 16.2. The minimum absolute atomic E-state index is 0.817. The predicted octanol–water partition coefficient (Wildman–Crippen LogP) is 3.05. The Balaban J connectivity index is 1.30. The average Bonchev–Trinajstić information content (AvgIpc) is 3.14. The van der Waals surface area contributed by atoms with Gasteiger partial charge in [0, 0.05) is 50.6 Å². The van der Waals surface area contributed by atoms with E-state index in [1.165, 1.54) is 0 Å². The molecule has 1 aliphatic rings. The van der Waals surface area contributed by atoms with Crippen LogP contribution in [-0.4, -0.2) is 46.1 Å². The first kappa shape index (κ1) is 16.0. The van der Waals surface area contributed by atoms with Crippen LogP contribution in [0.5, 0.6) is 0 Å². The molecule has 0 spiro atoms. The summed E-state index contributed by atoms with van der Waals surface area (Å²) in [6.45, 7) is 5.92. The van der Waals surface area contributed by atoms with E-state index < -0.39 is 0 Å². The van der Waals surface area contributed by atoms with Crippen LogP contribution >= 0.6 is 0 Å². The summed E-state index contributed by atoms with van der Waals surface area (Å²) in [5, 5.41) is 4.20. The fourth-order valence-electron chi connectivity index (χ4n) is 3.18. The molecule has 1 fully saturated rings. The van der Waals surface area contributed by atoms with Gasteiger partial charge in [-0.25, -0.2) is 0 Å².